The van der Waals surface area contributed by atoms with Gasteiger partial charge in [-0.3, -0.25) is 14.2 Å². The Hall–Kier alpha value is -3.68. The van der Waals surface area contributed by atoms with Crippen molar-refractivity contribution < 1.29 is 27.5 Å². The number of thiazole rings is 1. The Bertz CT molecular complexity index is 1530. The van der Waals surface area contributed by atoms with Crippen LogP contribution in [0.1, 0.15) is 57.8 Å². The van der Waals surface area contributed by atoms with Crippen LogP contribution in [0.2, 0.25) is 0 Å². The van der Waals surface area contributed by atoms with Crippen molar-refractivity contribution in [3.63, 3.8) is 0 Å². The van der Waals surface area contributed by atoms with E-state index in [1.165, 1.54) is 4.90 Å². The Morgan fingerprint density at radius 2 is 1.74 bits per heavy atom. The van der Waals surface area contributed by atoms with Crippen LogP contribution in [0.4, 0.5) is 23.1 Å². The predicted molar refractivity (Wildman–Crippen MR) is 156 cm³/mol. The highest BCUT2D eigenvalue weighted by atomic mass is 32.1. The number of hydrogen-bond acceptors (Lipinski definition) is 8. The maximum absolute atomic E-state index is 14.2. The summed E-state index contributed by atoms with van der Waals surface area (Å²) in [5.74, 6) is -1.75. The number of anilines is 1. The minimum absolute atomic E-state index is 0.112. The normalized spacial score (nSPS) is 18.3. The first-order chi connectivity index (χ1) is 20.3. The molecular formula is C29H35F3N6O4S. The van der Waals surface area contributed by atoms with Gasteiger partial charge < -0.3 is 19.9 Å². The van der Waals surface area contributed by atoms with E-state index >= 15 is 0 Å². The Labute approximate surface area is 250 Å². The molecule has 0 radical (unpaired) electrons. The van der Waals surface area contributed by atoms with E-state index in [-0.39, 0.29) is 28.7 Å². The smallest absolute Gasteiger partial charge is 0.444 e. The standard InChI is InChI=1S/C29H35F3N6O4S/c1-28(2,3)42-27(41)36-14-11-19(12-15-36)17-38-24(40)21-23(35-25(38)29(30,31)32)43-26(34-21)37-13-7-10-20(37)22(39)33-16-18-8-5-4-6-9-18/h4-6,8-9,19-20H,7,10-17H2,1-3H3,(H,33,39)/t20-/m1/s1. The maximum atomic E-state index is 14.2. The second-order valence-corrected chi connectivity index (χ2v) is 12.9. The number of carbonyl (C=O) groups excluding carboxylic acids is 2. The Morgan fingerprint density at radius 1 is 1.05 bits per heavy atom. The fraction of sp³-hybridized carbons (Fsp3) is 0.552. The first-order valence-electron chi connectivity index (χ1n) is 14.3. The highest BCUT2D eigenvalue weighted by molar-refractivity contribution is 7.21. The molecule has 0 saturated carbocycles. The molecule has 2 aliphatic heterocycles. The highest BCUT2D eigenvalue weighted by Gasteiger charge is 2.40. The molecule has 43 heavy (non-hydrogen) atoms. The number of benzene rings is 1. The molecule has 5 rings (SSSR count). The average molecular weight is 621 g/mol. The Morgan fingerprint density at radius 3 is 2.40 bits per heavy atom. The van der Waals surface area contributed by atoms with Crippen LogP contribution in [0.5, 0.6) is 0 Å². The molecule has 14 heteroatoms. The molecule has 0 aliphatic carbocycles. The third-order valence-corrected chi connectivity index (χ3v) is 8.57. The van der Waals surface area contributed by atoms with Crippen molar-refractivity contribution in [2.24, 2.45) is 5.92 Å². The lowest BCUT2D eigenvalue weighted by atomic mass is 9.97. The van der Waals surface area contributed by atoms with Crippen molar-refractivity contribution >= 4 is 38.8 Å². The molecule has 2 aromatic heterocycles. The van der Waals surface area contributed by atoms with Gasteiger partial charge in [0.2, 0.25) is 11.7 Å². The monoisotopic (exact) mass is 620 g/mol. The van der Waals surface area contributed by atoms with Crippen molar-refractivity contribution in [1.29, 1.82) is 0 Å². The van der Waals surface area contributed by atoms with Gasteiger partial charge in [-0.25, -0.2) is 14.8 Å². The number of carbonyl (C=O) groups is 2. The highest BCUT2D eigenvalue weighted by Crippen LogP contribution is 2.35. The number of aromatic nitrogens is 3. The van der Waals surface area contributed by atoms with Crippen LogP contribution >= 0.6 is 11.3 Å². The largest absolute Gasteiger partial charge is 0.449 e. The first-order valence-corrected chi connectivity index (χ1v) is 15.2. The molecule has 232 valence electrons. The van der Waals surface area contributed by atoms with Crippen LogP contribution in [0.15, 0.2) is 35.1 Å². The quantitative estimate of drug-likeness (QED) is 0.422. The lowest BCUT2D eigenvalue weighted by Crippen LogP contribution is -2.43. The summed E-state index contributed by atoms with van der Waals surface area (Å²) in [4.78, 5) is 50.4. The molecule has 2 fully saturated rings. The van der Waals surface area contributed by atoms with Crippen LogP contribution < -0.4 is 15.8 Å². The molecule has 10 nitrogen and oxygen atoms in total. The van der Waals surface area contributed by atoms with Crippen LogP contribution in [-0.4, -0.2) is 62.7 Å². The number of fused-ring (bicyclic) bond motifs is 1. The topological polar surface area (TPSA) is 110 Å². The molecular weight excluding hydrogens is 585 g/mol. The Balaban J connectivity index is 1.35. The third kappa shape index (κ3) is 7.11. The molecule has 2 saturated heterocycles. The van der Waals surface area contributed by atoms with E-state index in [2.05, 4.69) is 15.3 Å². The maximum Gasteiger partial charge on any atom is 0.449 e. The summed E-state index contributed by atoms with van der Waals surface area (Å²) in [6.45, 7) is 6.56. The minimum Gasteiger partial charge on any atom is -0.444 e. The molecule has 3 aromatic rings. The lowest BCUT2D eigenvalue weighted by Gasteiger charge is -2.33. The van der Waals surface area contributed by atoms with Crippen LogP contribution in [0.3, 0.4) is 0 Å². The van der Waals surface area contributed by atoms with Crippen LogP contribution in [-0.2, 0) is 28.8 Å². The molecule has 1 atom stereocenters. The zero-order valence-corrected chi connectivity index (χ0v) is 25.1. The molecule has 0 bridgehead atoms. The van der Waals surface area contributed by atoms with Gasteiger partial charge in [-0.05, 0) is 57.9 Å². The molecule has 4 heterocycles. The predicted octanol–water partition coefficient (Wildman–Crippen LogP) is 4.80. The third-order valence-electron chi connectivity index (χ3n) is 7.58. The fourth-order valence-corrected chi connectivity index (χ4v) is 6.47. The number of rotatable bonds is 6. The summed E-state index contributed by atoms with van der Waals surface area (Å²) >= 11 is 0.890. The summed E-state index contributed by atoms with van der Waals surface area (Å²) in [5, 5.41) is 3.22. The Kier molecular flexibility index (Phi) is 8.68. The van der Waals surface area contributed by atoms with E-state index in [4.69, 9.17) is 4.74 Å². The van der Waals surface area contributed by atoms with E-state index in [0.29, 0.717) is 61.6 Å². The van der Waals surface area contributed by atoms with E-state index in [1.807, 2.05) is 30.3 Å². The number of amides is 2. The number of piperidine rings is 1. The number of likely N-dealkylation sites (tertiary alicyclic amines) is 1. The average Bonchev–Trinajstić information content (AvgIpc) is 3.60. The molecule has 1 aromatic carbocycles. The lowest BCUT2D eigenvalue weighted by molar-refractivity contribution is -0.148. The van der Waals surface area contributed by atoms with Crippen LogP contribution in [0, 0.1) is 5.92 Å². The number of halogens is 3. The van der Waals surface area contributed by atoms with Gasteiger partial charge in [-0.15, -0.1) is 0 Å². The summed E-state index contributed by atoms with van der Waals surface area (Å²) in [5.41, 5.74) is -0.717. The SMILES string of the molecule is CC(C)(C)OC(=O)N1CCC(Cn2c(C(F)(F)F)nc3sc(N4CCC[C@@H]4C(=O)NCc4ccccc4)nc3c2=O)CC1. The minimum atomic E-state index is -4.86. The van der Waals surface area contributed by atoms with E-state index in [1.54, 1.807) is 25.7 Å². The number of ether oxygens (including phenoxy) is 1. The molecule has 0 spiro atoms. The van der Waals surface area contributed by atoms with Crippen molar-refractivity contribution in [1.82, 2.24) is 24.8 Å². The fourth-order valence-electron chi connectivity index (χ4n) is 5.46. The summed E-state index contributed by atoms with van der Waals surface area (Å²) in [6, 6.07) is 8.90. The summed E-state index contributed by atoms with van der Waals surface area (Å²) in [6.07, 6.45) is -3.24. The molecule has 1 N–H and O–H groups in total. The van der Waals surface area contributed by atoms with Gasteiger partial charge >= 0.3 is 12.3 Å². The van der Waals surface area contributed by atoms with Crippen molar-refractivity contribution in [3.8, 4) is 0 Å². The van der Waals surface area contributed by atoms with Crippen molar-refractivity contribution in [2.45, 2.75) is 77.4 Å². The van der Waals surface area contributed by atoms with Gasteiger partial charge in [-0.2, -0.15) is 13.2 Å². The number of alkyl halides is 3. The van der Waals surface area contributed by atoms with Crippen molar-refractivity contribution in [3.05, 3.63) is 52.1 Å². The van der Waals surface area contributed by atoms with E-state index < -0.39 is 35.3 Å². The zero-order valence-electron chi connectivity index (χ0n) is 24.3. The second-order valence-electron chi connectivity index (χ2n) is 12.0. The van der Waals surface area contributed by atoms with Crippen molar-refractivity contribution in [2.75, 3.05) is 24.5 Å². The van der Waals surface area contributed by atoms with Gasteiger partial charge in [0.15, 0.2) is 15.5 Å². The molecule has 2 aliphatic rings. The number of nitrogens with zero attached hydrogens (tertiary/aromatic N) is 5. The number of hydrogen-bond donors (Lipinski definition) is 1. The van der Waals surface area contributed by atoms with Gasteiger partial charge in [0, 0.05) is 32.7 Å². The van der Waals surface area contributed by atoms with Gasteiger partial charge in [0.1, 0.15) is 11.6 Å². The molecule has 0 unspecified atom stereocenters. The first kappa shape index (κ1) is 30.8. The second kappa shape index (κ2) is 12.1. The summed E-state index contributed by atoms with van der Waals surface area (Å²) < 4.78 is 48.6. The van der Waals surface area contributed by atoms with Gasteiger partial charge in [0.25, 0.3) is 5.56 Å². The van der Waals surface area contributed by atoms with Gasteiger partial charge in [-0.1, -0.05) is 41.7 Å². The summed E-state index contributed by atoms with van der Waals surface area (Å²) in [7, 11) is 0. The zero-order chi connectivity index (χ0) is 30.9. The van der Waals surface area contributed by atoms with Gasteiger partial charge in [0.05, 0.1) is 0 Å². The van der Waals surface area contributed by atoms with E-state index in [0.717, 1.165) is 16.9 Å². The molecule has 2 amide bonds. The number of nitrogens with one attached hydrogen (secondary N) is 1. The van der Waals surface area contributed by atoms with E-state index in [9.17, 15) is 27.6 Å². The van der Waals surface area contributed by atoms with Crippen LogP contribution in [0.25, 0.3) is 10.3 Å².